The van der Waals surface area contributed by atoms with Crippen LogP contribution in [0.25, 0.3) is 11.2 Å². The monoisotopic (exact) mass is 275 g/mol. The average molecular weight is 275 g/mol. The molecule has 0 aliphatic rings. The lowest BCUT2D eigenvalue weighted by Crippen LogP contribution is -2.12. The van der Waals surface area contributed by atoms with Gasteiger partial charge in [0.1, 0.15) is 12.7 Å². The molecule has 8 heteroatoms. The zero-order valence-electron chi connectivity index (χ0n) is 9.63. The smallest absolute Gasteiger partial charge is 0.270 e. The number of nitrogens with two attached hydrogens (primary N) is 1. The van der Waals surface area contributed by atoms with Crippen LogP contribution < -0.4 is 5.73 Å². The first-order chi connectivity index (χ1) is 9.10. The Hall–Kier alpha value is -2.48. The lowest BCUT2D eigenvalue weighted by atomic mass is 10.4. The van der Waals surface area contributed by atoms with E-state index in [2.05, 4.69) is 15.0 Å². The molecule has 19 heavy (non-hydrogen) atoms. The Morgan fingerprint density at radius 3 is 2.53 bits per heavy atom. The second-order valence-corrected chi connectivity index (χ2v) is 5.60. The molecule has 2 aromatic heterocycles. The van der Waals surface area contributed by atoms with Crippen LogP contribution in [0.1, 0.15) is 0 Å². The molecule has 0 atom stereocenters. The third-order valence-corrected chi connectivity index (χ3v) is 4.28. The molecular formula is C11H9N5O2S. The summed E-state index contributed by atoms with van der Waals surface area (Å²) in [5, 5.41) is 0. The van der Waals surface area contributed by atoms with Crippen molar-refractivity contribution < 1.29 is 8.42 Å². The number of anilines is 1. The molecule has 0 amide bonds. The van der Waals surface area contributed by atoms with Crippen LogP contribution in [0.5, 0.6) is 0 Å². The van der Waals surface area contributed by atoms with Gasteiger partial charge in [-0.25, -0.2) is 27.3 Å². The Kier molecular flexibility index (Phi) is 2.46. The van der Waals surface area contributed by atoms with Gasteiger partial charge in [0.15, 0.2) is 17.0 Å². The van der Waals surface area contributed by atoms with E-state index < -0.39 is 10.0 Å². The number of hydrogen-bond donors (Lipinski definition) is 1. The first-order valence-corrected chi connectivity index (χ1v) is 6.79. The van der Waals surface area contributed by atoms with Crippen LogP contribution in [-0.4, -0.2) is 27.3 Å². The van der Waals surface area contributed by atoms with Gasteiger partial charge in [-0.1, -0.05) is 18.2 Å². The highest BCUT2D eigenvalue weighted by Crippen LogP contribution is 2.20. The van der Waals surface area contributed by atoms with E-state index in [-0.39, 0.29) is 21.9 Å². The van der Waals surface area contributed by atoms with Gasteiger partial charge in [-0.05, 0) is 12.1 Å². The van der Waals surface area contributed by atoms with Crippen LogP contribution >= 0.6 is 0 Å². The predicted octanol–water partition coefficient (Wildman–Crippen LogP) is 0.645. The maximum Gasteiger partial charge on any atom is 0.270 e. The minimum Gasteiger partial charge on any atom is -0.382 e. The van der Waals surface area contributed by atoms with Gasteiger partial charge in [-0.2, -0.15) is 0 Å². The molecule has 2 heterocycles. The van der Waals surface area contributed by atoms with Crippen molar-refractivity contribution in [3.63, 3.8) is 0 Å². The van der Waals surface area contributed by atoms with Gasteiger partial charge in [-0.3, -0.25) is 0 Å². The molecule has 0 spiro atoms. The van der Waals surface area contributed by atoms with E-state index in [9.17, 15) is 8.42 Å². The number of nitrogens with zero attached hydrogens (tertiary/aromatic N) is 4. The summed E-state index contributed by atoms with van der Waals surface area (Å²) in [7, 11) is -3.73. The fraction of sp³-hybridized carbons (Fsp3) is 0. The summed E-state index contributed by atoms with van der Waals surface area (Å²) in [5.74, 6) is 0.145. The minimum atomic E-state index is -3.73. The van der Waals surface area contributed by atoms with E-state index in [1.165, 1.54) is 24.8 Å². The summed E-state index contributed by atoms with van der Waals surface area (Å²) >= 11 is 0. The summed E-state index contributed by atoms with van der Waals surface area (Å²) in [6.07, 6.45) is 2.38. The Labute approximate surface area is 108 Å². The van der Waals surface area contributed by atoms with Crippen molar-refractivity contribution in [2.75, 3.05) is 5.73 Å². The third-order valence-electron chi connectivity index (χ3n) is 2.63. The molecule has 3 rings (SSSR count). The summed E-state index contributed by atoms with van der Waals surface area (Å²) in [4.78, 5) is 11.8. The van der Waals surface area contributed by atoms with E-state index in [0.717, 1.165) is 3.97 Å². The van der Waals surface area contributed by atoms with Crippen LogP contribution in [0.3, 0.4) is 0 Å². The number of fused-ring (bicyclic) bond motifs is 1. The highest BCUT2D eigenvalue weighted by molar-refractivity contribution is 7.90. The van der Waals surface area contributed by atoms with Gasteiger partial charge < -0.3 is 5.73 Å². The minimum absolute atomic E-state index is 0.145. The molecule has 0 aliphatic heterocycles. The third kappa shape index (κ3) is 1.73. The number of benzene rings is 1. The fourth-order valence-electron chi connectivity index (χ4n) is 1.71. The Morgan fingerprint density at radius 1 is 1.05 bits per heavy atom. The van der Waals surface area contributed by atoms with Crippen molar-refractivity contribution in [1.29, 1.82) is 0 Å². The number of imidazole rings is 1. The van der Waals surface area contributed by atoms with Crippen molar-refractivity contribution in [2.45, 2.75) is 4.90 Å². The standard InChI is InChI=1S/C11H9N5O2S/c12-10-9-11(14-6-13-10)16(7-15-9)19(17,18)8-4-2-1-3-5-8/h1-7H,(H2,12,13,14). The highest BCUT2D eigenvalue weighted by Gasteiger charge is 2.20. The Morgan fingerprint density at radius 2 is 1.79 bits per heavy atom. The first kappa shape index (κ1) is 11.6. The molecule has 0 unspecified atom stereocenters. The van der Waals surface area contributed by atoms with E-state index in [0.29, 0.717) is 0 Å². The molecule has 0 saturated carbocycles. The van der Waals surface area contributed by atoms with Crippen molar-refractivity contribution >= 4 is 27.0 Å². The van der Waals surface area contributed by atoms with Crippen molar-refractivity contribution in [3.05, 3.63) is 43.0 Å². The summed E-state index contributed by atoms with van der Waals surface area (Å²) in [5.41, 5.74) is 6.06. The lowest BCUT2D eigenvalue weighted by Gasteiger charge is -2.05. The average Bonchev–Trinajstić information content (AvgIpc) is 2.86. The normalized spacial score (nSPS) is 11.8. The van der Waals surface area contributed by atoms with Crippen LogP contribution in [0, 0.1) is 0 Å². The summed E-state index contributed by atoms with van der Waals surface area (Å²) in [6, 6.07) is 8.05. The van der Waals surface area contributed by atoms with Crippen LogP contribution in [0.4, 0.5) is 5.82 Å². The van der Waals surface area contributed by atoms with Crippen molar-refractivity contribution in [2.24, 2.45) is 0 Å². The zero-order valence-corrected chi connectivity index (χ0v) is 10.4. The largest absolute Gasteiger partial charge is 0.382 e. The van der Waals surface area contributed by atoms with Crippen molar-refractivity contribution in [1.82, 2.24) is 18.9 Å². The Bertz CT molecular complexity index is 842. The van der Waals surface area contributed by atoms with Crippen LogP contribution in [0.15, 0.2) is 47.9 Å². The molecule has 0 fully saturated rings. The second-order valence-electron chi connectivity index (χ2n) is 3.79. The van der Waals surface area contributed by atoms with E-state index in [1.807, 2.05) is 0 Å². The second kappa shape index (κ2) is 4.02. The van der Waals surface area contributed by atoms with Gasteiger partial charge in [-0.15, -0.1) is 0 Å². The quantitative estimate of drug-likeness (QED) is 0.736. The topological polar surface area (TPSA) is 104 Å². The zero-order chi connectivity index (χ0) is 13.5. The summed E-state index contributed by atoms with van der Waals surface area (Å²) in [6.45, 7) is 0. The molecule has 3 aromatic rings. The molecule has 96 valence electrons. The molecule has 0 aliphatic carbocycles. The number of hydrogen-bond acceptors (Lipinski definition) is 6. The van der Waals surface area contributed by atoms with Gasteiger partial charge in [0.05, 0.1) is 4.90 Å². The number of rotatable bonds is 2. The first-order valence-electron chi connectivity index (χ1n) is 5.35. The fourth-order valence-corrected chi connectivity index (χ4v) is 2.98. The SMILES string of the molecule is Nc1ncnc2c1ncn2S(=O)(=O)c1ccccc1. The number of aromatic nitrogens is 4. The van der Waals surface area contributed by atoms with E-state index >= 15 is 0 Å². The van der Waals surface area contributed by atoms with Gasteiger partial charge in [0.25, 0.3) is 10.0 Å². The highest BCUT2D eigenvalue weighted by atomic mass is 32.2. The maximum atomic E-state index is 12.4. The molecule has 0 bridgehead atoms. The Balaban J connectivity index is 2.29. The van der Waals surface area contributed by atoms with Crippen molar-refractivity contribution in [3.8, 4) is 0 Å². The van der Waals surface area contributed by atoms with E-state index in [4.69, 9.17) is 5.73 Å². The van der Waals surface area contributed by atoms with Gasteiger partial charge in [0.2, 0.25) is 0 Å². The summed E-state index contributed by atoms with van der Waals surface area (Å²) < 4.78 is 25.9. The number of nitrogen functional groups attached to an aromatic ring is 1. The van der Waals surface area contributed by atoms with E-state index in [1.54, 1.807) is 18.2 Å². The molecular weight excluding hydrogens is 266 g/mol. The van der Waals surface area contributed by atoms with Gasteiger partial charge >= 0.3 is 0 Å². The lowest BCUT2D eigenvalue weighted by molar-refractivity contribution is 0.588. The molecule has 0 saturated heterocycles. The molecule has 7 nitrogen and oxygen atoms in total. The van der Waals surface area contributed by atoms with Crippen LogP contribution in [-0.2, 0) is 10.0 Å². The van der Waals surface area contributed by atoms with Gasteiger partial charge in [0, 0.05) is 0 Å². The predicted molar refractivity (Wildman–Crippen MR) is 68.8 cm³/mol. The maximum absolute atomic E-state index is 12.4. The molecule has 1 aromatic carbocycles. The molecule has 2 N–H and O–H groups in total. The molecule has 0 radical (unpaired) electrons. The van der Waals surface area contributed by atoms with Crippen LogP contribution in [0.2, 0.25) is 0 Å².